The van der Waals surface area contributed by atoms with Crippen molar-refractivity contribution in [2.75, 3.05) is 7.11 Å². The van der Waals surface area contributed by atoms with Crippen LogP contribution in [0.5, 0.6) is 5.75 Å². The van der Waals surface area contributed by atoms with Crippen LogP contribution < -0.4 is 4.74 Å². The third-order valence-corrected chi connectivity index (χ3v) is 3.86. The summed E-state index contributed by atoms with van der Waals surface area (Å²) in [6, 6.07) is 7.76. The molecule has 1 aromatic carbocycles. The smallest absolute Gasteiger partial charge is 0.157 e. The van der Waals surface area contributed by atoms with Crippen LogP contribution in [0.15, 0.2) is 18.2 Å². The number of ether oxygens (including phenoxy) is 1. The molecule has 0 heterocycles. The maximum atomic E-state index is 12.7. The topological polar surface area (TPSA) is 50.1 Å². The molecule has 0 N–H and O–H groups in total. The first-order chi connectivity index (χ1) is 10.1. The Morgan fingerprint density at radius 1 is 1.29 bits per heavy atom. The van der Waals surface area contributed by atoms with E-state index in [1.165, 1.54) is 0 Å². The fourth-order valence-corrected chi connectivity index (χ4v) is 2.68. The third-order valence-electron chi connectivity index (χ3n) is 3.86. The Balaban J connectivity index is 3.06. The van der Waals surface area contributed by atoms with Gasteiger partial charge in [0.15, 0.2) is 5.78 Å². The van der Waals surface area contributed by atoms with Crippen LogP contribution in [-0.2, 0) is 4.79 Å². The number of hydrogen-bond donors (Lipinski definition) is 0. The van der Waals surface area contributed by atoms with E-state index in [0.29, 0.717) is 0 Å². The molecule has 0 spiro atoms. The van der Waals surface area contributed by atoms with E-state index in [1.807, 2.05) is 25.1 Å². The molecular formula is C18H25NO2. The molecular weight excluding hydrogens is 262 g/mol. The van der Waals surface area contributed by atoms with Gasteiger partial charge in [-0.1, -0.05) is 38.8 Å². The van der Waals surface area contributed by atoms with E-state index >= 15 is 0 Å². The van der Waals surface area contributed by atoms with Crippen molar-refractivity contribution in [1.82, 2.24) is 0 Å². The second-order valence-electron chi connectivity index (χ2n) is 5.47. The van der Waals surface area contributed by atoms with E-state index in [0.717, 1.165) is 42.6 Å². The van der Waals surface area contributed by atoms with Crippen molar-refractivity contribution in [3.63, 3.8) is 0 Å². The van der Waals surface area contributed by atoms with Gasteiger partial charge in [0.05, 0.1) is 13.2 Å². The van der Waals surface area contributed by atoms with Gasteiger partial charge in [-0.2, -0.15) is 5.26 Å². The number of aryl methyl sites for hydroxylation is 1. The summed E-state index contributed by atoms with van der Waals surface area (Å²) in [7, 11) is 1.60. The van der Waals surface area contributed by atoms with Gasteiger partial charge in [0.2, 0.25) is 0 Å². The van der Waals surface area contributed by atoms with E-state index in [-0.39, 0.29) is 11.7 Å². The number of nitrogens with zero attached hydrogens (tertiary/aromatic N) is 1. The molecule has 0 bridgehead atoms. The quantitative estimate of drug-likeness (QED) is 0.712. The maximum absolute atomic E-state index is 12.7. The first-order valence-electron chi connectivity index (χ1n) is 7.66. The van der Waals surface area contributed by atoms with E-state index in [4.69, 9.17) is 4.74 Å². The molecule has 0 aliphatic rings. The Bertz CT molecular complexity index is 510. The highest BCUT2D eigenvalue weighted by Gasteiger charge is 2.27. The summed E-state index contributed by atoms with van der Waals surface area (Å²) >= 11 is 0. The summed E-state index contributed by atoms with van der Waals surface area (Å²) in [6.45, 7) is 6.10. The summed E-state index contributed by atoms with van der Waals surface area (Å²) in [5.74, 6) is 0.0646. The van der Waals surface area contributed by atoms with E-state index in [2.05, 4.69) is 19.9 Å². The number of carbonyl (C=O) groups is 1. The first kappa shape index (κ1) is 17.2. The van der Waals surface area contributed by atoms with Crippen molar-refractivity contribution >= 4 is 5.78 Å². The number of methoxy groups -OCH3 is 1. The van der Waals surface area contributed by atoms with Crippen molar-refractivity contribution in [2.24, 2.45) is 5.92 Å². The maximum Gasteiger partial charge on any atom is 0.157 e. The van der Waals surface area contributed by atoms with Gasteiger partial charge in [0.1, 0.15) is 11.7 Å². The van der Waals surface area contributed by atoms with Gasteiger partial charge in [-0.3, -0.25) is 4.79 Å². The number of hydrogen-bond acceptors (Lipinski definition) is 3. The molecule has 1 rings (SSSR count). The van der Waals surface area contributed by atoms with Crippen molar-refractivity contribution in [3.05, 3.63) is 29.3 Å². The fourth-order valence-electron chi connectivity index (χ4n) is 2.68. The molecule has 21 heavy (non-hydrogen) atoms. The van der Waals surface area contributed by atoms with Crippen LogP contribution in [0.1, 0.15) is 56.6 Å². The average Bonchev–Trinajstić information content (AvgIpc) is 2.49. The van der Waals surface area contributed by atoms with Gasteiger partial charge < -0.3 is 4.74 Å². The van der Waals surface area contributed by atoms with Gasteiger partial charge in [0.25, 0.3) is 0 Å². The summed E-state index contributed by atoms with van der Waals surface area (Å²) < 4.78 is 5.29. The second kappa shape index (κ2) is 8.46. The Morgan fingerprint density at radius 2 is 1.90 bits per heavy atom. The van der Waals surface area contributed by atoms with Gasteiger partial charge in [-0.05, 0) is 37.0 Å². The standard InChI is InChI=1S/C18H25NO2/c1-5-7-14(8-6-2)18(20)16(12-19)15-10-9-13(3)17(11-15)21-4/h9-11,14,16H,5-8H2,1-4H3. The van der Waals surface area contributed by atoms with Crippen molar-refractivity contribution in [2.45, 2.75) is 52.4 Å². The largest absolute Gasteiger partial charge is 0.496 e. The van der Waals surface area contributed by atoms with Crippen LogP contribution in [0, 0.1) is 24.2 Å². The van der Waals surface area contributed by atoms with Gasteiger partial charge >= 0.3 is 0 Å². The SMILES string of the molecule is CCCC(CCC)C(=O)C(C#N)c1ccc(C)c(OC)c1. The first-order valence-corrected chi connectivity index (χ1v) is 7.66. The monoisotopic (exact) mass is 287 g/mol. The van der Waals surface area contributed by atoms with Crippen molar-refractivity contribution in [1.29, 1.82) is 5.26 Å². The molecule has 3 heteroatoms. The molecule has 0 aromatic heterocycles. The average molecular weight is 287 g/mol. The lowest BCUT2D eigenvalue weighted by Crippen LogP contribution is -2.21. The summed E-state index contributed by atoms with van der Waals surface area (Å²) in [5, 5.41) is 9.46. The Kier molecular flexibility index (Phi) is 6.94. The molecule has 0 saturated heterocycles. The lowest BCUT2D eigenvalue weighted by atomic mass is 9.83. The van der Waals surface area contributed by atoms with E-state index in [1.54, 1.807) is 7.11 Å². The van der Waals surface area contributed by atoms with Crippen LogP contribution in [0.25, 0.3) is 0 Å². The fraction of sp³-hybridized carbons (Fsp3) is 0.556. The minimum Gasteiger partial charge on any atom is -0.496 e. The van der Waals surface area contributed by atoms with Gasteiger partial charge in [-0.15, -0.1) is 0 Å². The number of rotatable bonds is 8. The van der Waals surface area contributed by atoms with Crippen LogP contribution in [-0.4, -0.2) is 12.9 Å². The Labute approximate surface area is 127 Å². The predicted octanol–water partition coefficient (Wildman–Crippen LogP) is 4.40. The minimum atomic E-state index is -0.692. The van der Waals surface area contributed by atoms with E-state index in [9.17, 15) is 10.1 Å². The molecule has 1 atom stereocenters. The zero-order valence-electron chi connectivity index (χ0n) is 13.5. The van der Waals surface area contributed by atoms with Crippen molar-refractivity contribution < 1.29 is 9.53 Å². The Hall–Kier alpha value is -1.82. The molecule has 114 valence electrons. The second-order valence-corrected chi connectivity index (χ2v) is 5.47. The summed E-state index contributed by atoms with van der Waals surface area (Å²) in [5.41, 5.74) is 1.74. The molecule has 1 aromatic rings. The molecule has 0 radical (unpaired) electrons. The van der Waals surface area contributed by atoms with Gasteiger partial charge in [-0.25, -0.2) is 0 Å². The number of nitriles is 1. The third kappa shape index (κ3) is 4.32. The molecule has 0 saturated carbocycles. The molecule has 0 aliphatic carbocycles. The normalized spacial score (nSPS) is 12.0. The van der Waals surface area contributed by atoms with Crippen LogP contribution in [0.4, 0.5) is 0 Å². The number of Topliss-reactive ketones (excluding diaryl/α,β-unsaturated/α-hetero) is 1. The molecule has 0 aliphatic heterocycles. The van der Waals surface area contributed by atoms with Crippen LogP contribution in [0.3, 0.4) is 0 Å². The zero-order chi connectivity index (χ0) is 15.8. The predicted molar refractivity (Wildman–Crippen MR) is 84.4 cm³/mol. The van der Waals surface area contributed by atoms with Crippen LogP contribution in [0.2, 0.25) is 0 Å². The molecule has 0 fully saturated rings. The molecule has 0 amide bonds. The number of ketones is 1. The van der Waals surface area contributed by atoms with Gasteiger partial charge in [0, 0.05) is 5.92 Å². The highest BCUT2D eigenvalue weighted by atomic mass is 16.5. The number of carbonyl (C=O) groups excluding carboxylic acids is 1. The van der Waals surface area contributed by atoms with Crippen LogP contribution >= 0.6 is 0 Å². The highest BCUT2D eigenvalue weighted by Crippen LogP contribution is 2.29. The zero-order valence-corrected chi connectivity index (χ0v) is 13.5. The summed E-state index contributed by atoms with van der Waals surface area (Å²) in [4.78, 5) is 12.7. The van der Waals surface area contributed by atoms with Crippen molar-refractivity contribution in [3.8, 4) is 11.8 Å². The lowest BCUT2D eigenvalue weighted by molar-refractivity contribution is -0.123. The highest BCUT2D eigenvalue weighted by molar-refractivity contribution is 5.90. The molecule has 3 nitrogen and oxygen atoms in total. The van der Waals surface area contributed by atoms with E-state index < -0.39 is 5.92 Å². The minimum absolute atomic E-state index is 0.0167. The lowest BCUT2D eigenvalue weighted by Gasteiger charge is -2.18. The number of benzene rings is 1. The summed E-state index contributed by atoms with van der Waals surface area (Å²) in [6.07, 6.45) is 3.64. The Morgan fingerprint density at radius 3 is 2.38 bits per heavy atom. The molecule has 1 unspecified atom stereocenters.